The van der Waals surface area contributed by atoms with Crippen LogP contribution in [0, 0.1) is 11.3 Å². The fourth-order valence-corrected chi connectivity index (χ4v) is 3.58. The third-order valence-electron chi connectivity index (χ3n) is 5.01. The molecule has 0 aliphatic rings. The molecule has 2 N–H and O–H groups in total. The minimum atomic E-state index is -4.59. The molecule has 3 aromatic rings. The lowest BCUT2D eigenvalue weighted by Gasteiger charge is -2.15. The van der Waals surface area contributed by atoms with Crippen LogP contribution in [0.2, 0.25) is 5.02 Å². The van der Waals surface area contributed by atoms with Crippen LogP contribution in [0.5, 0.6) is 11.5 Å². The molecule has 1 amide bonds. The largest absolute Gasteiger partial charge is 0.490 e. The second-order valence-electron chi connectivity index (χ2n) is 7.76. The van der Waals surface area contributed by atoms with E-state index >= 15 is 0 Å². The average molecular weight is 545 g/mol. The highest BCUT2D eigenvalue weighted by atomic mass is 35.5. The third-order valence-corrected chi connectivity index (χ3v) is 5.29. The number of ether oxygens (including phenoxy) is 2. The Bertz CT molecular complexity index is 1430. The van der Waals surface area contributed by atoms with Crippen molar-refractivity contribution in [1.29, 1.82) is 5.26 Å². The summed E-state index contributed by atoms with van der Waals surface area (Å²) >= 11 is 6.40. The van der Waals surface area contributed by atoms with E-state index in [4.69, 9.17) is 26.2 Å². The van der Waals surface area contributed by atoms with Gasteiger partial charge in [0.25, 0.3) is 5.91 Å². The molecule has 0 saturated heterocycles. The number of hydrogen-bond donors (Lipinski definition) is 2. The summed E-state index contributed by atoms with van der Waals surface area (Å²) in [7, 11) is 0. The first kappa shape index (κ1) is 28.1. The number of amides is 1. The summed E-state index contributed by atoms with van der Waals surface area (Å²) in [5.41, 5.74) is -0.499. The van der Waals surface area contributed by atoms with E-state index in [1.165, 1.54) is 36.4 Å². The van der Waals surface area contributed by atoms with Crippen molar-refractivity contribution >= 4 is 35.2 Å². The summed E-state index contributed by atoms with van der Waals surface area (Å²) < 4.78 is 50.3. The number of anilines is 1. The number of aromatic carboxylic acids is 1. The maximum Gasteiger partial charge on any atom is 0.416 e. The highest BCUT2D eigenvalue weighted by Crippen LogP contribution is 2.38. The molecule has 3 rings (SSSR count). The van der Waals surface area contributed by atoms with Crippen LogP contribution >= 0.6 is 11.6 Å². The van der Waals surface area contributed by atoms with Gasteiger partial charge < -0.3 is 19.9 Å². The van der Waals surface area contributed by atoms with Gasteiger partial charge in [-0.3, -0.25) is 4.79 Å². The number of nitrogens with one attached hydrogen (secondary N) is 1. The number of rotatable bonds is 9. The molecule has 0 spiro atoms. The van der Waals surface area contributed by atoms with Crippen LogP contribution < -0.4 is 14.8 Å². The quantitative estimate of drug-likeness (QED) is 0.233. The number of carboxylic acid groups (broad SMARTS) is 1. The van der Waals surface area contributed by atoms with E-state index in [-0.39, 0.29) is 46.6 Å². The van der Waals surface area contributed by atoms with Crippen LogP contribution in [-0.4, -0.2) is 23.6 Å². The Morgan fingerprint density at radius 2 is 1.84 bits per heavy atom. The molecule has 0 fully saturated rings. The van der Waals surface area contributed by atoms with E-state index in [0.717, 1.165) is 18.2 Å². The third kappa shape index (κ3) is 7.27. The topological polar surface area (TPSA) is 109 Å². The maximum atomic E-state index is 13.0. The zero-order valence-corrected chi connectivity index (χ0v) is 20.6. The Labute approximate surface area is 220 Å². The van der Waals surface area contributed by atoms with Crippen LogP contribution in [0.25, 0.3) is 6.08 Å². The lowest BCUT2D eigenvalue weighted by atomic mass is 10.1. The molecule has 0 heterocycles. The van der Waals surface area contributed by atoms with Gasteiger partial charge in [0.1, 0.15) is 18.2 Å². The first-order valence-electron chi connectivity index (χ1n) is 11.0. The molecule has 0 aromatic heterocycles. The lowest BCUT2D eigenvalue weighted by Crippen LogP contribution is -2.14. The van der Waals surface area contributed by atoms with Gasteiger partial charge in [-0.15, -0.1) is 0 Å². The number of hydrogen-bond acceptors (Lipinski definition) is 5. The Balaban J connectivity index is 1.85. The minimum absolute atomic E-state index is 0.0149. The summed E-state index contributed by atoms with van der Waals surface area (Å²) in [5, 5.41) is 21.0. The van der Waals surface area contributed by atoms with Crippen molar-refractivity contribution in [2.75, 3.05) is 11.9 Å². The fourth-order valence-electron chi connectivity index (χ4n) is 3.31. The van der Waals surface area contributed by atoms with Crippen LogP contribution in [0.1, 0.15) is 34.0 Å². The Hall–Kier alpha value is -4.49. The van der Waals surface area contributed by atoms with Gasteiger partial charge in [-0.2, -0.15) is 18.4 Å². The Morgan fingerprint density at radius 3 is 2.50 bits per heavy atom. The Kier molecular flexibility index (Phi) is 8.99. The standard InChI is InChI=1S/C27H20ClF3N2O5/c1-2-37-23-12-17(11-22(28)24(23)38-15-16-5-3-6-18(9-16)26(35)36)10-19(14-32)25(34)33-21-8-4-7-20(13-21)27(29,30)31/h3-13H,2,15H2,1H3,(H,33,34)(H,35,36)/b19-10-. The molecule has 0 unspecified atom stereocenters. The molecule has 11 heteroatoms. The van der Waals surface area contributed by atoms with Crippen LogP contribution in [0.15, 0.2) is 66.2 Å². The van der Waals surface area contributed by atoms with Crippen LogP contribution in [0.3, 0.4) is 0 Å². The molecule has 0 radical (unpaired) electrons. The van der Waals surface area contributed by atoms with Gasteiger partial charge in [0.15, 0.2) is 11.5 Å². The molecule has 0 aliphatic heterocycles. The highest BCUT2D eigenvalue weighted by Gasteiger charge is 2.30. The number of carbonyl (C=O) groups excluding carboxylic acids is 1. The van der Waals surface area contributed by atoms with Gasteiger partial charge in [-0.1, -0.05) is 29.8 Å². The number of carbonyl (C=O) groups is 2. The molecule has 0 atom stereocenters. The first-order valence-corrected chi connectivity index (χ1v) is 11.4. The zero-order chi connectivity index (χ0) is 27.9. The molecule has 0 aliphatic carbocycles. The van der Waals surface area contributed by atoms with Gasteiger partial charge in [0.2, 0.25) is 0 Å². The van der Waals surface area contributed by atoms with Gasteiger partial charge in [0, 0.05) is 5.69 Å². The number of alkyl halides is 3. The van der Waals surface area contributed by atoms with Crippen molar-refractivity contribution in [3.8, 4) is 17.6 Å². The summed E-state index contributed by atoms with van der Waals surface area (Å²) in [6.07, 6.45) is -3.39. The Morgan fingerprint density at radius 1 is 1.11 bits per heavy atom. The van der Waals surface area contributed by atoms with E-state index < -0.39 is 23.6 Å². The molecule has 0 bridgehead atoms. The second-order valence-corrected chi connectivity index (χ2v) is 8.17. The molecular formula is C27H20ClF3N2O5. The molecule has 0 saturated carbocycles. The number of carboxylic acids is 1. The summed E-state index contributed by atoms with van der Waals surface area (Å²) in [5.74, 6) is -1.63. The average Bonchev–Trinajstić information content (AvgIpc) is 2.86. The van der Waals surface area contributed by atoms with Gasteiger partial charge in [-0.05, 0) is 66.6 Å². The number of benzene rings is 3. The molecule has 3 aromatic carbocycles. The second kappa shape index (κ2) is 12.2. The highest BCUT2D eigenvalue weighted by molar-refractivity contribution is 6.32. The molecule has 38 heavy (non-hydrogen) atoms. The van der Waals surface area contributed by atoms with Crippen molar-refractivity contribution < 1.29 is 37.3 Å². The van der Waals surface area contributed by atoms with Gasteiger partial charge in [0.05, 0.1) is 22.8 Å². The zero-order valence-electron chi connectivity index (χ0n) is 19.8. The predicted octanol–water partition coefficient (Wildman–Crippen LogP) is 6.58. The molecular weight excluding hydrogens is 525 g/mol. The first-order chi connectivity index (χ1) is 18.0. The minimum Gasteiger partial charge on any atom is -0.490 e. The van der Waals surface area contributed by atoms with E-state index in [0.29, 0.717) is 11.1 Å². The normalized spacial score (nSPS) is 11.4. The predicted molar refractivity (Wildman–Crippen MR) is 134 cm³/mol. The SMILES string of the molecule is CCOc1cc(/C=C(/C#N)C(=O)Nc2cccc(C(F)(F)F)c2)cc(Cl)c1OCc1cccc(C(=O)O)c1. The lowest BCUT2D eigenvalue weighted by molar-refractivity contribution is -0.137. The summed E-state index contributed by atoms with van der Waals surface area (Å²) in [6.45, 7) is 1.94. The van der Waals surface area contributed by atoms with Crippen molar-refractivity contribution in [2.24, 2.45) is 0 Å². The van der Waals surface area contributed by atoms with Crippen molar-refractivity contribution in [2.45, 2.75) is 19.7 Å². The number of halogens is 4. The van der Waals surface area contributed by atoms with E-state index in [2.05, 4.69) is 5.32 Å². The van der Waals surface area contributed by atoms with Gasteiger partial charge in [-0.25, -0.2) is 4.79 Å². The summed E-state index contributed by atoms with van der Waals surface area (Å²) in [4.78, 5) is 23.8. The van der Waals surface area contributed by atoms with E-state index in [9.17, 15) is 28.0 Å². The molecule has 196 valence electrons. The number of nitrogens with zero attached hydrogens (tertiary/aromatic N) is 1. The van der Waals surface area contributed by atoms with Crippen LogP contribution in [-0.2, 0) is 17.6 Å². The molecule has 7 nitrogen and oxygen atoms in total. The van der Waals surface area contributed by atoms with Gasteiger partial charge >= 0.3 is 12.1 Å². The van der Waals surface area contributed by atoms with E-state index in [1.807, 2.05) is 0 Å². The van der Waals surface area contributed by atoms with Crippen LogP contribution in [0.4, 0.5) is 18.9 Å². The fraction of sp³-hybridized carbons (Fsp3) is 0.148. The van der Waals surface area contributed by atoms with Crippen molar-refractivity contribution in [3.05, 3.63) is 93.5 Å². The van der Waals surface area contributed by atoms with E-state index in [1.54, 1.807) is 25.1 Å². The smallest absolute Gasteiger partial charge is 0.416 e. The monoisotopic (exact) mass is 544 g/mol. The number of nitriles is 1. The maximum absolute atomic E-state index is 13.0. The van der Waals surface area contributed by atoms with Crippen molar-refractivity contribution in [3.63, 3.8) is 0 Å². The van der Waals surface area contributed by atoms with Crippen molar-refractivity contribution in [1.82, 2.24) is 0 Å². The summed E-state index contributed by atoms with van der Waals surface area (Å²) in [6, 6.07) is 14.8.